The zero-order valence-electron chi connectivity index (χ0n) is 9.46. The number of primary sulfonamides is 1. The molecular weight excluding hydrogens is 270 g/mol. The molecule has 0 saturated carbocycles. The van der Waals surface area contributed by atoms with Gasteiger partial charge in [0.05, 0.1) is 11.4 Å². The highest BCUT2D eigenvalue weighted by molar-refractivity contribution is 7.89. The summed E-state index contributed by atoms with van der Waals surface area (Å²) < 4.78 is 22.6. The van der Waals surface area contributed by atoms with E-state index in [1.165, 1.54) is 6.07 Å². The van der Waals surface area contributed by atoms with Crippen molar-refractivity contribution in [2.45, 2.75) is 11.4 Å². The molecule has 0 fully saturated rings. The summed E-state index contributed by atoms with van der Waals surface area (Å²) in [5.41, 5.74) is 7.61. The number of para-hydroxylation sites is 1. The minimum Gasteiger partial charge on any atom is -0.396 e. The number of sulfonamides is 1. The number of benzene rings is 1. The van der Waals surface area contributed by atoms with Crippen LogP contribution in [-0.2, 0) is 16.6 Å². The van der Waals surface area contributed by atoms with Crippen LogP contribution in [0.15, 0.2) is 39.9 Å². The van der Waals surface area contributed by atoms with Crippen LogP contribution in [0.3, 0.4) is 0 Å². The summed E-state index contributed by atoms with van der Waals surface area (Å²) in [6, 6.07) is 6.69. The zero-order chi connectivity index (χ0) is 13.2. The lowest BCUT2D eigenvalue weighted by molar-refractivity contribution is 0.598. The number of hydrogen-bond acceptors (Lipinski definition) is 5. The summed E-state index contributed by atoms with van der Waals surface area (Å²) in [7, 11) is -3.79. The van der Waals surface area contributed by atoms with Crippen LogP contribution in [0.25, 0.3) is 0 Å². The zero-order valence-corrected chi connectivity index (χ0v) is 11.1. The summed E-state index contributed by atoms with van der Waals surface area (Å²) >= 11 is 1.60. The van der Waals surface area contributed by atoms with Gasteiger partial charge in [-0.25, -0.2) is 13.6 Å². The number of nitrogens with one attached hydrogen (secondary N) is 1. The first-order valence-corrected chi connectivity index (χ1v) is 7.63. The lowest BCUT2D eigenvalue weighted by Crippen LogP contribution is -2.15. The van der Waals surface area contributed by atoms with Gasteiger partial charge in [-0.05, 0) is 34.5 Å². The minimum absolute atomic E-state index is 0.0576. The third-order valence-corrected chi connectivity index (χ3v) is 4.14. The van der Waals surface area contributed by atoms with Crippen LogP contribution in [0.1, 0.15) is 5.56 Å². The fraction of sp³-hybridized carbons (Fsp3) is 0.0909. The van der Waals surface area contributed by atoms with Gasteiger partial charge in [-0.2, -0.15) is 11.3 Å². The van der Waals surface area contributed by atoms with E-state index in [-0.39, 0.29) is 10.6 Å². The molecule has 0 atom stereocenters. The van der Waals surface area contributed by atoms with Crippen molar-refractivity contribution in [3.63, 3.8) is 0 Å². The number of anilines is 2. The minimum atomic E-state index is -3.79. The van der Waals surface area contributed by atoms with Crippen LogP contribution in [-0.4, -0.2) is 8.42 Å². The number of hydrogen-bond donors (Lipinski definition) is 3. The van der Waals surface area contributed by atoms with Crippen LogP contribution in [0.4, 0.5) is 11.4 Å². The van der Waals surface area contributed by atoms with E-state index in [1.807, 2.05) is 16.8 Å². The van der Waals surface area contributed by atoms with Gasteiger partial charge in [0.15, 0.2) is 0 Å². The molecule has 5 N–H and O–H groups in total. The Morgan fingerprint density at radius 1 is 1.28 bits per heavy atom. The monoisotopic (exact) mass is 283 g/mol. The molecule has 7 heteroatoms. The highest BCUT2D eigenvalue weighted by atomic mass is 32.2. The van der Waals surface area contributed by atoms with Gasteiger partial charge < -0.3 is 11.1 Å². The Morgan fingerprint density at radius 2 is 2.06 bits per heavy atom. The van der Waals surface area contributed by atoms with Gasteiger partial charge in [-0.15, -0.1) is 0 Å². The first-order chi connectivity index (χ1) is 8.48. The highest BCUT2D eigenvalue weighted by Gasteiger charge is 2.14. The molecule has 0 aliphatic heterocycles. The lowest BCUT2D eigenvalue weighted by atomic mass is 10.2. The van der Waals surface area contributed by atoms with E-state index < -0.39 is 10.0 Å². The Labute approximate surface area is 109 Å². The number of rotatable bonds is 4. The second kappa shape index (κ2) is 4.97. The molecule has 0 spiro atoms. The van der Waals surface area contributed by atoms with Crippen molar-refractivity contribution in [2.75, 3.05) is 11.1 Å². The van der Waals surface area contributed by atoms with E-state index in [4.69, 9.17) is 10.9 Å². The SMILES string of the molecule is Nc1c(NCc2ccsc2)cccc1S(N)(=O)=O. The van der Waals surface area contributed by atoms with Crippen molar-refractivity contribution in [3.05, 3.63) is 40.6 Å². The van der Waals surface area contributed by atoms with Gasteiger partial charge in [0.2, 0.25) is 10.0 Å². The van der Waals surface area contributed by atoms with Crippen LogP contribution in [0.5, 0.6) is 0 Å². The molecule has 0 aliphatic carbocycles. The van der Waals surface area contributed by atoms with Crippen molar-refractivity contribution in [2.24, 2.45) is 5.14 Å². The second-order valence-electron chi connectivity index (χ2n) is 3.75. The fourth-order valence-electron chi connectivity index (χ4n) is 1.54. The van der Waals surface area contributed by atoms with Crippen molar-refractivity contribution < 1.29 is 8.42 Å². The average Bonchev–Trinajstić information content (AvgIpc) is 2.79. The maximum absolute atomic E-state index is 11.3. The van der Waals surface area contributed by atoms with Crippen molar-refractivity contribution in [1.82, 2.24) is 0 Å². The van der Waals surface area contributed by atoms with Gasteiger partial charge in [0, 0.05) is 6.54 Å². The summed E-state index contributed by atoms with van der Waals surface area (Å²) in [5, 5.41) is 12.2. The molecule has 0 amide bonds. The number of thiophene rings is 1. The van der Waals surface area contributed by atoms with Gasteiger partial charge >= 0.3 is 0 Å². The molecule has 0 saturated heterocycles. The Balaban J connectivity index is 2.24. The molecule has 5 nitrogen and oxygen atoms in total. The molecule has 96 valence electrons. The number of nitrogen functional groups attached to an aromatic ring is 1. The van der Waals surface area contributed by atoms with E-state index in [9.17, 15) is 8.42 Å². The van der Waals surface area contributed by atoms with Crippen LogP contribution >= 0.6 is 11.3 Å². The molecule has 2 rings (SSSR count). The molecule has 0 radical (unpaired) electrons. The lowest BCUT2D eigenvalue weighted by Gasteiger charge is -2.11. The maximum atomic E-state index is 11.3. The van der Waals surface area contributed by atoms with Crippen LogP contribution < -0.4 is 16.2 Å². The Morgan fingerprint density at radius 3 is 2.67 bits per heavy atom. The first kappa shape index (κ1) is 12.9. The van der Waals surface area contributed by atoms with E-state index >= 15 is 0 Å². The smallest absolute Gasteiger partial charge is 0.240 e. The van der Waals surface area contributed by atoms with E-state index in [2.05, 4.69) is 5.32 Å². The summed E-state index contributed by atoms with van der Waals surface area (Å²) in [5.74, 6) is 0. The standard InChI is InChI=1S/C11H13N3O2S2/c12-11-9(14-6-8-4-5-17-7-8)2-1-3-10(11)18(13,15)16/h1-5,7,14H,6,12H2,(H2,13,15,16). The molecule has 0 unspecified atom stereocenters. The summed E-state index contributed by atoms with van der Waals surface area (Å²) in [4.78, 5) is -0.0576. The summed E-state index contributed by atoms with van der Waals surface area (Å²) in [6.07, 6.45) is 0. The molecule has 1 heterocycles. The van der Waals surface area contributed by atoms with Crippen molar-refractivity contribution >= 4 is 32.7 Å². The molecule has 1 aromatic heterocycles. The molecule has 1 aromatic carbocycles. The van der Waals surface area contributed by atoms with Crippen LogP contribution in [0.2, 0.25) is 0 Å². The molecule has 0 aliphatic rings. The van der Waals surface area contributed by atoms with Crippen molar-refractivity contribution in [3.8, 4) is 0 Å². The van der Waals surface area contributed by atoms with Gasteiger partial charge in [-0.3, -0.25) is 0 Å². The first-order valence-electron chi connectivity index (χ1n) is 5.15. The second-order valence-corrected chi connectivity index (χ2v) is 6.06. The molecule has 2 aromatic rings. The third kappa shape index (κ3) is 2.81. The number of nitrogens with two attached hydrogens (primary N) is 2. The predicted octanol–water partition coefficient (Wildman–Crippen LogP) is 1.59. The fourth-order valence-corrected chi connectivity index (χ4v) is 2.89. The largest absolute Gasteiger partial charge is 0.396 e. The topological polar surface area (TPSA) is 98.2 Å². The highest BCUT2D eigenvalue weighted by Crippen LogP contribution is 2.26. The third-order valence-electron chi connectivity index (χ3n) is 2.44. The van der Waals surface area contributed by atoms with E-state index in [0.717, 1.165) is 5.56 Å². The van der Waals surface area contributed by atoms with Gasteiger partial charge in [-0.1, -0.05) is 6.07 Å². The summed E-state index contributed by atoms with van der Waals surface area (Å²) in [6.45, 7) is 0.585. The maximum Gasteiger partial charge on any atom is 0.240 e. The average molecular weight is 283 g/mol. The molecule has 18 heavy (non-hydrogen) atoms. The van der Waals surface area contributed by atoms with E-state index in [0.29, 0.717) is 12.2 Å². The van der Waals surface area contributed by atoms with Crippen LogP contribution in [0, 0.1) is 0 Å². The predicted molar refractivity (Wildman–Crippen MR) is 73.9 cm³/mol. The Hall–Kier alpha value is -1.57. The quantitative estimate of drug-likeness (QED) is 0.742. The normalized spacial score (nSPS) is 11.4. The molecular formula is C11H13N3O2S2. The van der Waals surface area contributed by atoms with Gasteiger partial charge in [0.1, 0.15) is 4.90 Å². The Kier molecular flexibility index (Phi) is 3.55. The van der Waals surface area contributed by atoms with Crippen molar-refractivity contribution in [1.29, 1.82) is 0 Å². The van der Waals surface area contributed by atoms with E-state index in [1.54, 1.807) is 23.5 Å². The molecule has 0 bridgehead atoms. The van der Waals surface area contributed by atoms with Gasteiger partial charge in [0.25, 0.3) is 0 Å². The Bertz CT molecular complexity index is 636.